The highest BCUT2D eigenvalue weighted by atomic mass is 79.9. The van der Waals surface area contributed by atoms with E-state index in [0.29, 0.717) is 22.4 Å². The van der Waals surface area contributed by atoms with Crippen LogP contribution in [0.15, 0.2) is 35.1 Å². The number of hydrogen-bond donors (Lipinski definition) is 2. The Morgan fingerprint density at radius 1 is 1.33 bits per heavy atom. The average Bonchev–Trinajstić information content (AvgIpc) is 2.48. The highest BCUT2D eigenvalue weighted by Crippen LogP contribution is 2.19. The van der Waals surface area contributed by atoms with Gasteiger partial charge in [0.1, 0.15) is 17.5 Å². The first-order valence-corrected chi connectivity index (χ1v) is 7.21. The number of carbonyl (C=O) groups excluding carboxylic acids is 1. The molecule has 1 amide bonds. The van der Waals surface area contributed by atoms with Crippen LogP contribution in [0.25, 0.3) is 0 Å². The standard InChI is InChI=1S/C14H14BrFN4O/c1-2-5-17-13-11(6-9(15)7-19-13)14(21)20-12-4-3-10(16)8-18-12/h3-4,6-8H,2,5H2,1H3,(H,17,19)(H,18,20,21). The summed E-state index contributed by atoms with van der Waals surface area (Å²) in [5.74, 6) is -0.0357. The van der Waals surface area contributed by atoms with Gasteiger partial charge in [-0.1, -0.05) is 6.92 Å². The molecular weight excluding hydrogens is 339 g/mol. The molecule has 2 aromatic rings. The van der Waals surface area contributed by atoms with Gasteiger partial charge in [-0.2, -0.15) is 0 Å². The summed E-state index contributed by atoms with van der Waals surface area (Å²) in [4.78, 5) is 20.3. The largest absolute Gasteiger partial charge is 0.369 e. The first-order chi connectivity index (χ1) is 10.1. The fourth-order valence-electron chi connectivity index (χ4n) is 1.63. The third-order valence-electron chi connectivity index (χ3n) is 2.61. The van der Waals surface area contributed by atoms with Gasteiger partial charge in [0.15, 0.2) is 0 Å². The van der Waals surface area contributed by atoms with Gasteiger partial charge in [-0.25, -0.2) is 14.4 Å². The molecule has 0 bridgehead atoms. The summed E-state index contributed by atoms with van der Waals surface area (Å²) in [5, 5.41) is 5.70. The van der Waals surface area contributed by atoms with E-state index in [1.54, 1.807) is 12.3 Å². The lowest BCUT2D eigenvalue weighted by atomic mass is 10.2. The Bertz CT molecular complexity index is 633. The number of nitrogens with zero attached hydrogens (tertiary/aromatic N) is 2. The smallest absolute Gasteiger partial charge is 0.260 e. The molecule has 0 fully saturated rings. The van der Waals surface area contributed by atoms with Crippen LogP contribution >= 0.6 is 15.9 Å². The molecule has 0 unspecified atom stereocenters. The van der Waals surface area contributed by atoms with Crippen molar-refractivity contribution in [2.45, 2.75) is 13.3 Å². The van der Waals surface area contributed by atoms with Crippen LogP contribution in [0.4, 0.5) is 16.0 Å². The molecule has 0 saturated carbocycles. The topological polar surface area (TPSA) is 66.9 Å². The quantitative estimate of drug-likeness (QED) is 0.864. The van der Waals surface area contributed by atoms with Crippen molar-refractivity contribution in [2.75, 3.05) is 17.2 Å². The number of halogens is 2. The van der Waals surface area contributed by atoms with Crippen molar-refractivity contribution in [1.29, 1.82) is 0 Å². The summed E-state index contributed by atoms with van der Waals surface area (Å²) in [6.07, 6.45) is 3.58. The highest BCUT2D eigenvalue weighted by molar-refractivity contribution is 9.10. The third-order valence-corrected chi connectivity index (χ3v) is 3.04. The highest BCUT2D eigenvalue weighted by Gasteiger charge is 2.14. The predicted octanol–water partition coefficient (Wildman–Crippen LogP) is 3.45. The van der Waals surface area contributed by atoms with Crippen molar-refractivity contribution < 1.29 is 9.18 Å². The summed E-state index contributed by atoms with van der Waals surface area (Å²) in [6.45, 7) is 2.73. The van der Waals surface area contributed by atoms with Crippen molar-refractivity contribution in [3.63, 3.8) is 0 Å². The van der Waals surface area contributed by atoms with Crippen LogP contribution in [-0.4, -0.2) is 22.4 Å². The van der Waals surface area contributed by atoms with Crippen molar-refractivity contribution in [3.8, 4) is 0 Å². The van der Waals surface area contributed by atoms with Gasteiger partial charge < -0.3 is 10.6 Å². The molecule has 0 atom stereocenters. The van der Waals surface area contributed by atoms with Crippen LogP contribution in [0.3, 0.4) is 0 Å². The van der Waals surface area contributed by atoms with Gasteiger partial charge in [-0.3, -0.25) is 4.79 Å². The Morgan fingerprint density at radius 3 is 2.81 bits per heavy atom. The molecule has 0 saturated heterocycles. The summed E-state index contributed by atoms with van der Waals surface area (Å²) in [6, 6.07) is 4.31. The second-order valence-corrected chi connectivity index (χ2v) is 5.21. The average molecular weight is 353 g/mol. The SMILES string of the molecule is CCCNc1ncc(Br)cc1C(=O)Nc1ccc(F)cn1. The molecule has 0 spiro atoms. The van der Waals surface area contributed by atoms with E-state index >= 15 is 0 Å². The van der Waals surface area contributed by atoms with E-state index in [-0.39, 0.29) is 11.7 Å². The molecule has 2 rings (SSSR count). The molecule has 0 radical (unpaired) electrons. The summed E-state index contributed by atoms with van der Waals surface area (Å²) in [5.41, 5.74) is 0.393. The van der Waals surface area contributed by atoms with E-state index in [9.17, 15) is 9.18 Å². The maximum absolute atomic E-state index is 12.8. The van der Waals surface area contributed by atoms with Crippen LogP contribution in [0.1, 0.15) is 23.7 Å². The van der Waals surface area contributed by atoms with Gasteiger partial charge in [-0.05, 0) is 40.5 Å². The molecule has 0 aliphatic carbocycles. The molecule has 0 aliphatic heterocycles. The minimum absolute atomic E-state index is 0.280. The molecule has 2 aromatic heterocycles. The Hall–Kier alpha value is -2.02. The number of nitrogens with one attached hydrogen (secondary N) is 2. The van der Waals surface area contributed by atoms with Crippen molar-refractivity contribution in [1.82, 2.24) is 9.97 Å². The second-order valence-electron chi connectivity index (χ2n) is 4.29. The Labute approximate surface area is 130 Å². The predicted molar refractivity (Wildman–Crippen MR) is 82.9 cm³/mol. The van der Waals surface area contributed by atoms with Crippen LogP contribution in [-0.2, 0) is 0 Å². The normalized spacial score (nSPS) is 10.2. The van der Waals surface area contributed by atoms with Crippen molar-refractivity contribution >= 4 is 33.5 Å². The number of aromatic nitrogens is 2. The molecule has 2 heterocycles. The molecule has 0 aliphatic rings. The molecule has 110 valence electrons. The summed E-state index contributed by atoms with van der Waals surface area (Å²) >= 11 is 3.29. The van der Waals surface area contributed by atoms with E-state index in [4.69, 9.17) is 0 Å². The summed E-state index contributed by atoms with van der Waals surface area (Å²) in [7, 11) is 0. The molecule has 2 N–H and O–H groups in total. The van der Waals surface area contributed by atoms with E-state index < -0.39 is 5.82 Å². The maximum Gasteiger partial charge on any atom is 0.260 e. The third kappa shape index (κ3) is 4.22. The van der Waals surface area contributed by atoms with Gasteiger partial charge in [-0.15, -0.1) is 0 Å². The first-order valence-electron chi connectivity index (χ1n) is 6.42. The minimum Gasteiger partial charge on any atom is -0.369 e. The number of carbonyl (C=O) groups is 1. The van der Waals surface area contributed by atoms with E-state index in [1.807, 2.05) is 6.92 Å². The molecule has 5 nitrogen and oxygen atoms in total. The van der Waals surface area contributed by atoms with Crippen LogP contribution < -0.4 is 10.6 Å². The molecule has 0 aromatic carbocycles. The lowest BCUT2D eigenvalue weighted by Crippen LogP contribution is -2.17. The second kappa shape index (κ2) is 7.12. The fraction of sp³-hybridized carbons (Fsp3) is 0.214. The van der Waals surface area contributed by atoms with Gasteiger partial charge in [0.25, 0.3) is 5.91 Å². The fourth-order valence-corrected chi connectivity index (χ4v) is 1.96. The van der Waals surface area contributed by atoms with Gasteiger partial charge >= 0.3 is 0 Å². The minimum atomic E-state index is -0.456. The number of anilines is 2. The van der Waals surface area contributed by atoms with Crippen LogP contribution in [0, 0.1) is 5.82 Å². The zero-order chi connectivity index (χ0) is 15.2. The number of rotatable bonds is 5. The number of hydrogen-bond acceptors (Lipinski definition) is 4. The lowest BCUT2D eigenvalue weighted by Gasteiger charge is -2.11. The van der Waals surface area contributed by atoms with Crippen LogP contribution in [0.2, 0.25) is 0 Å². The summed E-state index contributed by atoms with van der Waals surface area (Å²) < 4.78 is 13.5. The lowest BCUT2D eigenvalue weighted by molar-refractivity contribution is 0.102. The van der Waals surface area contributed by atoms with E-state index in [0.717, 1.165) is 12.6 Å². The zero-order valence-electron chi connectivity index (χ0n) is 11.4. The van der Waals surface area contributed by atoms with E-state index in [2.05, 4.69) is 36.5 Å². The van der Waals surface area contributed by atoms with Gasteiger partial charge in [0.05, 0.1) is 11.8 Å². The molecule has 7 heteroatoms. The zero-order valence-corrected chi connectivity index (χ0v) is 12.9. The monoisotopic (exact) mass is 352 g/mol. The van der Waals surface area contributed by atoms with Gasteiger partial charge in [0.2, 0.25) is 0 Å². The van der Waals surface area contributed by atoms with Crippen molar-refractivity contribution in [3.05, 3.63) is 46.4 Å². The van der Waals surface area contributed by atoms with Crippen molar-refractivity contribution in [2.24, 2.45) is 0 Å². The Balaban J connectivity index is 2.20. The molecular formula is C14H14BrFN4O. The Kier molecular flexibility index (Phi) is 5.21. The first kappa shape index (κ1) is 15.4. The maximum atomic E-state index is 12.8. The van der Waals surface area contributed by atoms with Gasteiger partial charge in [0, 0.05) is 17.2 Å². The number of amides is 1. The van der Waals surface area contributed by atoms with E-state index in [1.165, 1.54) is 12.1 Å². The molecule has 21 heavy (non-hydrogen) atoms. The Morgan fingerprint density at radius 2 is 2.14 bits per heavy atom. The van der Waals surface area contributed by atoms with Crippen LogP contribution in [0.5, 0.6) is 0 Å². The number of pyridine rings is 2.